The van der Waals surface area contributed by atoms with E-state index in [2.05, 4.69) is 52.0 Å². The molecule has 8 atom stereocenters. The van der Waals surface area contributed by atoms with Gasteiger partial charge in [-0.15, -0.1) is 0 Å². The Morgan fingerprint density at radius 3 is 2.05 bits per heavy atom. The van der Waals surface area contributed by atoms with Crippen molar-refractivity contribution in [2.75, 3.05) is 28.4 Å². The number of carbonyl (C=O) groups excluding carboxylic acids is 4. The number of aromatic amines is 1. The van der Waals surface area contributed by atoms with E-state index in [-0.39, 0.29) is 36.0 Å². The molecule has 2 saturated heterocycles. The maximum atomic E-state index is 14.1. The van der Waals surface area contributed by atoms with Gasteiger partial charge in [-0.25, -0.2) is 14.6 Å². The number of amides is 4. The Bertz CT molecular complexity index is 2430. The second kappa shape index (κ2) is 17.4. The third-order valence-electron chi connectivity index (χ3n) is 13.2. The molecule has 3 aromatic carbocycles. The minimum Gasteiger partial charge on any atom is -0.488 e. The molecule has 0 radical (unpaired) electrons. The summed E-state index contributed by atoms with van der Waals surface area (Å²) in [5, 5.41) is 7.46. The Hall–Kier alpha value is -6.00. The molecule has 0 spiro atoms. The number of carbonyl (C=O) groups is 4. The number of aromatic nitrogens is 2. The first kappa shape index (κ1) is 42.7. The number of nitrogens with zero attached hydrogens (tertiary/aromatic N) is 4. The molecule has 0 aliphatic carbocycles. The van der Waals surface area contributed by atoms with Crippen molar-refractivity contribution in [1.29, 1.82) is 0 Å². The Morgan fingerprint density at radius 1 is 0.790 bits per heavy atom. The van der Waals surface area contributed by atoms with Gasteiger partial charge in [-0.3, -0.25) is 14.6 Å². The summed E-state index contributed by atoms with van der Waals surface area (Å²) in [6, 6.07) is 12.3. The Morgan fingerprint density at radius 2 is 1.42 bits per heavy atom. The van der Waals surface area contributed by atoms with Gasteiger partial charge in [0.2, 0.25) is 11.8 Å². The molecule has 3 N–H and O–H groups in total. The minimum atomic E-state index is -0.927. The Labute approximate surface area is 360 Å². The van der Waals surface area contributed by atoms with Crippen molar-refractivity contribution < 1.29 is 42.9 Å². The molecular weight excluding hydrogens is 795 g/mol. The summed E-state index contributed by atoms with van der Waals surface area (Å²) in [5.41, 5.74) is 7.79. The average molecular weight is 850 g/mol. The van der Waals surface area contributed by atoms with Gasteiger partial charge in [-0.05, 0) is 111 Å². The van der Waals surface area contributed by atoms with Crippen LogP contribution in [0.25, 0.3) is 33.2 Å². The van der Waals surface area contributed by atoms with Crippen LogP contribution in [0.4, 0.5) is 15.3 Å². The van der Waals surface area contributed by atoms with Gasteiger partial charge in [0, 0.05) is 44.0 Å². The second-order valence-corrected chi connectivity index (χ2v) is 16.7. The van der Waals surface area contributed by atoms with E-state index in [0.717, 1.165) is 80.7 Å². The molecular formula is C46H55N7O9. The number of likely N-dealkylation sites (tertiary alicyclic amines) is 2. The van der Waals surface area contributed by atoms with Gasteiger partial charge in [-0.1, -0.05) is 18.2 Å². The molecule has 2 unspecified atom stereocenters. The highest BCUT2D eigenvalue weighted by Gasteiger charge is 2.44. The number of imidazole rings is 1. The van der Waals surface area contributed by atoms with E-state index >= 15 is 0 Å². The smallest absolute Gasteiger partial charge is 0.407 e. The van der Waals surface area contributed by atoms with E-state index in [4.69, 9.17) is 33.7 Å². The number of aliphatic imine (C=N–C) groups is 1. The molecule has 1 aromatic heterocycles. The van der Waals surface area contributed by atoms with Gasteiger partial charge in [-0.2, -0.15) is 0 Å². The second-order valence-electron chi connectivity index (χ2n) is 16.7. The highest BCUT2D eigenvalue weighted by atomic mass is 16.5. The number of ether oxygens (including phenoxy) is 5. The van der Waals surface area contributed by atoms with Crippen molar-refractivity contribution in [3.63, 3.8) is 0 Å². The molecule has 16 nitrogen and oxygen atoms in total. The zero-order valence-electron chi connectivity index (χ0n) is 36.4. The number of nitrogens with one attached hydrogen (secondary N) is 3. The zero-order valence-corrected chi connectivity index (χ0v) is 36.4. The van der Waals surface area contributed by atoms with Crippen LogP contribution >= 0.6 is 0 Å². The first-order valence-electron chi connectivity index (χ1n) is 21.2. The number of fused-ring (bicyclic) bond motifs is 6. The van der Waals surface area contributed by atoms with Gasteiger partial charge in [0.05, 0.1) is 56.1 Å². The lowest BCUT2D eigenvalue weighted by Crippen LogP contribution is -2.57. The van der Waals surface area contributed by atoms with Crippen molar-refractivity contribution in [2.45, 2.75) is 115 Å². The first-order valence-corrected chi connectivity index (χ1v) is 21.2. The van der Waals surface area contributed by atoms with Crippen LogP contribution in [-0.2, 0) is 41.6 Å². The van der Waals surface area contributed by atoms with E-state index in [1.807, 2.05) is 24.8 Å². The van der Waals surface area contributed by atoms with Crippen LogP contribution in [0.3, 0.4) is 0 Å². The lowest BCUT2D eigenvalue weighted by Gasteiger charge is -2.34. The number of rotatable bonds is 11. The number of hydrogen-bond donors (Lipinski definition) is 3. The number of benzene rings is 3. The van der Waals surface area contributed by atoms with E-state index in [1.54, 1.807) is 24.9 Å². The number of hydrogen-bond acceptors (Lipinski definition) is 11. The molecule has 62 heavy (non-hydrogen) atoms. The van der Waals surface area contributed by atoms with Gasteiger partial charge in [0.25, 0.3) is 0 Å². The van der Waals surface area contributed by atoms with Gasteiger partial charge < -0.3 is 49.1 Å². The number of methoxy groups -OCH3 is 4. The lowest BCUT2D eigenvalue weighted by atomic mass is 9.91. The van der Waals surface area contributed by atoms with Crippen LogP contribution in [0.15, 0.2) is 53.7 Å². The SMILES string of the molecule is COC(=O)NC(C(=O)N1[C@@H](C)CC[C@H]1C1=Nc2ccc3cc4c(cc3c2C1)OCc1cc(-c2cnc([C@@H]3CC[C@H](C)N3C(=O)C(NC(=O)OC)[C@@H](C)OC)[nH]2)ccc1-4)[C@@H](C)OC. The van der Waals surface area contributed by atoms with Gasteiger partial charge >= 0.3 is 12.2 Å². The Balaban J connectivity index is 1.01. The predicted octanol–water partition coefficient (Wildman–Crippen LogP) is 6.37. The number of H-pyrrole nitrogens is 1. The van der Waals surface area contributed by atoms with Crippen LogP contribution in [0.5, 0.6) is 5.75 Å². The normalized spacial score (nSPS) is 22.1. The molecule has 16 heteroatoms. The fourth-order valence-electron chi connectivity index (χ4n) is 9.57. The molecule has 4 aliphatic rings. The quantitative estimate of drug-likeness (QED) is 0.153. The molecule has 2 fully saturated rings. The summed E-state index contributed by atoms with van der Waals surface area (Å²) in [4.78, 5) is 69.4. The summed E-state index contributed by atoms with van der Waals surface area (Å²) >= 11 is 0. The average Bonchev–Trinajstić information content (AvgIpc) is 4.11. The van der Waals surface area contributed by atoms with Crippen molar-refractivity contribution >= 4 is 46.2 Å². The maximum absolute atomic E-state index is 14.1. The third-order valence-corrected chi connectivity index (χ3v) is 13.2. The zero-order chi connectivity index (χ0) is 44.0. The monoisotopic (exact) mass is 849 g/mol. The topological polar surface area (TPSA) is 186 Å². The molecule has 328 valence electrons. The maximum Gasteiger partial charge on any atom is 0.407 e. The van der Waals surface area contributed by atoms with Crippen LogP contribution in [0.2, 0.25) is 0 Å². The number of alkyl carbamates (subject to hydrolysis) is 2. The molecule has 8 rings (SSSR count). The summed E-state index contributed by atoms with van der Waals surface area (Å²) in [6.07, 6.45) is 2.94. The van der Waals surface area contributed by atoms with E-state index in [9.17, 15) is 19.2 Å². The van der Waals surface area contributed by atoms with Crippen LogP contribution in [-0.4, -0.2) is 120 Å². The Kier molecular flexibility index (Phi) is 12.0. The van der Waals surface area contributed by atoms with E-state index in [0.29, 0.717) is 25.3 Å². The summed E-state index contributed by atoms with van der Waals surface area (Å²) in [5.74, 6) is 0.988. The standard InChI is InChI=1S/C46H55N7O9/c1-23-9-15-37(52(23)43(54)40(25(3)58-5)50-45(56)60-7)35-19-32-31-20-39-33(18-27(31)12-14-34(32)48-35)30-13-11-28(17-29(30)22-62-39)36-21-47-42(49-36)38-16-10-24(2)53(38)44(55)41(26(4)59-6)51-46(57)61-8/h11-14,17-18,20-21,23-26,37-38,40-41H,9-10,15-16,19,22H2,1-8H3,(H,47,49)(H,50,56)(H,51,57)/t23-,24-,25+,26+,37-,38-,40?,41?/m0/s1. The molecule has 4 aliphatic heterocycles. The third kappa shape index (κ3) is 7.74. The first-order chi connectivity index (χ1) is 29.8. The molecule has 4 amide bonds. The fourth-order valence-corrected chi connectivity index (χ4v) is 9.57. The summed E-state index contributed by atoms with van der Waals surface area (Å²) < 4.78 is 27.0. The lowest BCUT2D eigenvalue weighted by molar-refractivity contribution is -0.139. The largest absolute Gasteiger partial charge is 0.488 e. The van der Waals surface area contributed by atoms with E-state index in [1.165, 1.54) is 28.4 Å². The summed E-state index contributed by atoms with van der Waals surface area (Å²) in [7, 11) is 5.55. The minimum absolute atomic E-state index is 0.0448. The molecule has 0 bridgehead atoms. The highest BCUT2D eigenvalue weighted by molar-refractivity contribution is 6.06. The van der Waals surface area contributed by atoms with Crippen molar-refractivity contribution in [1.82, 2.24) is 30.4 Å². The molecule has 5 heterocycles. The van der Waals surface area contributed by atoms with Crippen LogP contribution < -0.4 is 15.4 Å². The molecule has 4 aromatic rings. The van der Waals surface area contributed by atoms with Crippen molar-refractivity contribution in [3.05, 3.63) is 65.6 Å². The van der Waals surface area contributed by atoms with Crippen LogP contribution in [0.1, 0.15) is 76.4 Å². The van der Waals surface area contributed by atoms with Gasteiger partial charge in [0.1, 0.15) is 30.3 Å². The van der Waals surface area contributed by atoms with Crippen LogP contribution in [0, 0.1) is 0 Å². The molecule has 0 saturated carbocycles. The van der Waals surface area contributed by atoms with E-state index < -0.39 is 36.5 Å². The summed E-state index contributed by atoms with van der Waals surface area (Å²) in [6.45, 7) is 7.91. The van der Waals surface area contributed by atoms with Gasteiger partial charge in [0.15, 0.2) is 0 Å². The predicted molar refractivity (Wildman–Crippen MR) is 231 cm³/mol. The highest BCUT2D eigenvalue weighted by Crippen LogP contribution is 2.45. The van der Waals surface area contributed by atoms with Crippen molar-refractivity contribution in [3.8, 4) is 28.1 Å². The fraction of sp³-hybridized carbons (Fsp3) is 0.478. The van der Waals surface area contributed by atoms with Crippen molar-refractivity contribution in [2.24, 2.45) is 4.99 Å².